The number of methoxy groups -OCH3 is 1. The Morgan fingerprint density at radius 3 is 2.70 bits per heavy atom. The quantitative estimate of drug-likeness (QED) is 0.741. The number of hydrogen-bond donors (Lipinski definition) is 0. The van der Waals surface area contributed by atoms with E-state index in [2.05, 4.69) is 27.8 Å². The lowest BCUT2D eigenvalue weighted by Gasteiger charge is -2.09. The lowest BCUT2D eigenvalue weighted by atomic mass is 10.2. The molecule has 2 heterocycles. The molecule has 1 aromatic carbocycles. The molecule has 102 valence electrons. The molecule has 2 aromatic heterocycles. The molecule has 0 bridgehead atoms. The Balaban J connectivity index is 2.03. The monoisotopic (exact) mass is 287 g/mol. The van der Waals surface area contributed by atoms with Crippen molar-refractivity contribution in [3.8, 4) is 5.75 Å². The van der Waals surface area contributed by atoms with E-state index in [1.54, 1.807) is 13.3 Å². The zero-order chi connectivity index (χ0) is 14.1. The van der Waals surface area contributed by atoms with Crippen LogP contribution in [0.4, 0.5) is 0 Å². The average Bonchev–Trinajstić information content (AvgIpc) is 2.77. The van der Waals surface area contributed by atoms with E-state index >= 15 is 0 Å². The first-order chi connectivity index (χ1) is 9.69. The Kier molecular flexibility index (Phi) is 3.32. The van der Waals surface area contributed by atoms with Gasteiger partial charge in [0.1, 0.15) is 5.75 Å². The fraction of sp³-hybridized carbons (Fsp3) is 0.200. The highest BCUT2D eigenvalue weighted by molar-refractivity contribution is 6.33. The molecule has 0 N–H and O–H groups in total. The lowest BCUT2D eigenvalue weighted by molar-refractivity contribution is 0.414. The van der Waals surface area contributed by atoms with Gasteiger partial charge in [-0.2, -0.15) is 5.10 Å². The summed E-state index contributed by atoms with van der Waals surface area (Å²) < 4.78 is 7.32. The lowest BCUT2D eigenvalue weighted by Crippen LogP contribution is -2.02. The van der Waals surface area contributed by atoms with Crippen LogP contribution in [0.3, 0.4) is 0 Å². The van der Waals surface area contributed by atoms with Crippen molar-refractivity contribution >= 4 is 22.5 Å². The van der Waals surface area contributed by atoms with E-state index in [9.17, 15) is 0 Å². The molecule has 4 nitrogen and oxygen atoms in total. The Labute approximate surface area is 122 Å². The van der Waals surface area contributed by atoms with Gasteiger partial charge >= 0.3 is 0 Å². The number of rotatable bonds is 3. The molecule has 3 aromatic rings. The van der Waals surface area contributed by atoms with Crippen LogP contribution in [0.15, 0.2) is 36.5 Å². The molecule has 0 aliphatic heterocycles. The number of nitrogens with zero attached hydrogens (tertiary/aromatic N) is 3. The predicted octanol–water partition coefficient (Wildman–Crippen LogP) is 3.45. The summed E-state index contributed by atoms with van der Waals surface area (Å²) >= 11 is 6.17. The van der Waals surface area contributed by atoms with Gasteiger partial charge in [0.15, 0.2) is 5.15 Å². The third-order valence-corrected chi connectivity index (χ3v) is 3.63. The summed E-state index contributed by atoms with van der Waals surface area (Å²) in [6.07, 6.45) is 1.73. The maximum Gasteiger partial charge on any atom is 0.175 e. The number of fused-ring (bicyclic) bond motifs is 1. The Hall–Kier alpha value is -2.07. The summed E-state index contributed by atoms with van der Waals surface area (Å²) in [6.45, 7) is 2.80. The first-order valence-electron chi connectivity index (χ1n) is 6.29. The van der Waals surface area contributed by atoms with Crippen molar-refractivity contribution in [2.75, 3.05) is 7.11 Å². The Morgan fingerprint density at radius 1 is 1.25 bits per heavy atom. The second-order valence-corrected chi connectivity index (χ2v) is 5.02. The molecule has 20 heavy (non-hydrogen) atoms. The highest BCUT2D eigenvalue weighted by Gasteiger charge is 2.11. The Morgan fingerprint density at radius 2 is 2.00 bits per heavy atom. The van der Waals surface area contributed by atoms with Gasteiger partial charge in [-0.05, 0) is 30.7 Å². The maximum atomic E-state index is 6.17. The second-order valence-electron chi connectivity index (χ2n) is 4.66. The number of ether oxygens (including phenoxy) is 1. The van der Waals surface area contributed by atoms with Crippen LogP contribution in [0.2, 0.25) is 5.15 Å². The normalized spacial score (nSPS) is 10.9. The summed E-state index contributed by atoms with van der Waals surface area (Å²) in [4.78, 5) is 0. The van der Waals surface area contributed by atoms with Crippen molar-refractivity contribution < 1.29 is 4.74 Å². The first kappa shape index (κ1) is 12.9. The van der Waals surface area contributed by atoms with Crippen LogP contribution in [-0.4, -0.2) is 21.9 Å². The molecule has 5 heteroatoms. The summed E-state index contributed by atoms with van der Waals surface area (Å²) in [6, 6.07) is 10.1. The fourth-order valence-corrected chi connectivity index (χ4v) is 2.59. The molecule has 0 radical (unpaired) electrons. The number of aryl methyl sites for hydroxylation is 1. The van der Waals surface area contributed by atoms with Crippen LogP contribution in [0.1, 0.15) is 11.3 Å². The highest BCUT2D eigenvalue weighted by atomic mass is 35.5. The molecule has 0 unspecified atom stereocenters. The van der Waals surface area contributed by atoms with Crippen molar-refractivity contribution in [3.63, 3.8) is 0 Å². The van der Waals surface area contributed by atoms with Gasteiger partial charge in [0, 0.05) is 17.6 Å². The minimum atomic E-state index is 0.434. The highest BCUT2D eigenvalue weighted by Crippen LogP contribution is 2.25. The van der Waals surface area contributed by atoms with Gasteiger partial charge < -0.3 is 9.30 Å². The van der Waals surface area contributed by atoms with E-state index < -0.39 is 0 Å². The molecule has 0 saturated heterocycles. The summed E-state index contributed by atoms with van der Waals surface area (Å²) in [5.74, 6) is 0.853. The van der Waals surface area contributed by atoms with Crippen LogP contribution in [0.25, 0.3) is 10.9 Å². The van der Waals surface area contributed by atoms with E-state index in [1.165, 1.54) is 5.56 Å². The predicted molar refractivity (Wildman–Crippen MR) is 79.4 cm³/mol. The molecule has 3 rings (SSSR count). The van der Waals surface area contributed by atoms with E-state index in [-0.39, 0.29) is 0 Å². The van der Waals surface area contributed by atoms with Gasteiger partial charge in [0.2, 0.25) is 0 Å². The zero-order valence-electron chi connectivity index (χ0n) is 11.3. The molecular weight excluding hydrogens is 274 g/mol. The smallest absolute Gasteiger partial charge is 0.175 e. The topological polar surface area (TPSA) is 39.9 Å². The van der Waals surface area contributed by atoms with Crippen LogP contribution < -0.4 is 4.74 Å². The molecule has 0 aliphatic rings. The molecule has 0 amide bonds. The average molecular weight is 288 g/mol. The Bertz CT molecular complexity index is 750. The van der Waals surface area contributed by atoms with Gasteiger partial charge in [-0.15, -0.1) is 5.10 Å². The number of aromatic nitrogens is 3. The van der Waals surface area contributed by atoms with E-state index in [4.69, 9.17) is 16.3 Å². The number of halogens is 1. The molecular formula is C15H14ClN3O. The number of benzene rings is 1. The zero-order valence-corrected chi connectivity index (χ0v) is 12.1. The first-order valence-corrected chi connectivity index (χ1v) is 6.67. The van der Waals surface area contributed by atoms with Crippen molar-refractivity contribution in [1.29, 1.82) is 0 Å². The van der Waals surface area contributed by atoms with Crippen molar-refractivity contribution in [2.45, 2.75) is 13.5 Å². The summed E-state index contributed by atoms with van der Waals surface area (Å²) in [7, 11) is 1.66. The minimum absolute atomic E-state index is 0.434. The van der Waals surface area contributed by atoms with Crippen molar-refractivity contribution in [3.05, 3.63) is 52.9 Å². The summed E-state index contributed by atoms with van der Waals surface area (Å²) in [5, 5.41) is 9.25. The second kappa shape index (κ2) is 5.13. The molecule has 0 fully saturated rings. The standard InChI is InChI=1S/C15H14ClN3O/c1-10-7-12-8-17-18-15(16)14(12)19(10)9-11-3-5-13(20-2)6-4-11/h3-8H,9H2,1-2H3. The van der Waals surface area contributed by atoms with E-state index in [0.717, 1.165) is 28.9 Å². The van der Waals surface area contributed by atoms with Gasteiger partial charge in [0.05, 0.1) is 18.8 Å². The van der Waals surface area contributed by atoms with Gasteiger partial charge in [-0.25, -0.2) is 0 Å². The number of hydrogen-bond acceptors (Lipinski definition) is 3. The summed E-state index contributed by atoms with van der Waals surface area (Å²) in [5.41, 5.74) is 3.24. The largest absolute Gasteiger partial charge is 0.497 e. The van der Waals surface area contributed by atoms with Gasteiger partial charge in [-0.1, -0.05) is 23.7 Å². The SMILES string of the molecule is COc1ccc(Cn2c(C)cc3cnnc(Cl)c32)cc1. The molecule has 0 saturated carbocycles. The van der Waals surface area contributed by atoms with Crippen LogP contribution in [0.5, 0.6) is 5.75 Å². The van der Waals surface area contributed by atoms with E-state index in [1.807, 2.05) is 24.3 Å². The third-order valence-electron chi connectivity index (χ3n) is 3.37. The maximum absolute atomic E-state index is 6.17. The molecule has 0 aliphatic carbocycles. The van der Waals surface area contributed by atoms with Crippen molar-refractivity contribution in [2.24, 2.45) is 0 Å². The molecule has 0 spiro atoms. The minimum Gasteiger partial charge on any atom is -0.497 e. The van der Waals surface area contributed by atoms with Crippen LogP contribution >= 0.6 is 11.6 Å². The van der Waals surface area contributed by atoms with Crippen molar-refractivity contribution in [1.82, 2.24) is 14.8 Å². The third kappa shape index (κ3) is 2.23. The fourth-order valence-electron chi connectivity index (χ4n) is 2.34. The van der Waals surface area contributed by atoms with Gasteiger partial charge in [-0.3, -0.25) is 0 Å². The molecule has 0 atom stereocenters. The van der Waals surface area contributed by atoms with Gasteiger partial charge in [0.25, 0.3) is 0 Å². The van der Waals surface area contributed by atoms with Crippen LogP contribution in [-0.2, 0) is 6.54 Å². The van der Waals surface area contributed by atoms with E-state index in [0.29, 0.717) is 5.15 Å². The van der Waals surface area contributed by atoms with Crippen LogP contribution in [0, 0.1) is 6.92 Å².